The van der Waals surface area contributed by atoms with E-state index in [1.165, 1.54) is 0 Å². The van der Waals surface area contributed by atoms with Gasteiger partial charge in [-0.3, -0.25) is 0 Å². The van der Waals surface area contributed by atoms with E-state index in [9.17, 15) is 0 Å². The molecule has 1 aromatic rings. The van der Waals surface area contributed by atoms with E-state index >= 15 is 0 Å². The van der Waals surface area contributed by atoms with Crippen molar-refractivity contribution in [1.82, 2.24) is 0 Å². The largest absolute Gasteiger partial charge is 0.409 e. The molecule has 19 heavy (non-hydrogen) atoms. The molecule has 0 aromatic heterocycles. The molecule has 1 aromatic carbocycles. The molecule has 106 valence electrons. The minimum absolute atomic E-state index is 0.168. The van der Waals surface area contributed by atoms with Gasteiger partial charge in [-0.25, -0.2) is 0 Å². The maximum atomic E-state index is 9.02. The van der Waals surface area contributed by atoms with Crippen LogP contribution in [-0.4, -0.2) is 29.9 Å². The molecule has 0 heterocycles. The van der Waals surface area contributed by atoms with Crippen LogP contribution in [0.25, 0.3) is 0 Å². The Morgan fingerprint density at radius 1 is 1.47 bits per heavy atom. The number of thioether (sulfide) groups is 1. The Kier molecular flexibility index (Phi) is 6.02. The van der Waals surface area contributed by atoms with E-state index in [-0.39, 0.29) is 5.84 Å². The third-order valence-corrected chi connectivity index (χ3v) is 3.77. The van der Waals surface area contributed by atoms with Gasteiger partial charge in [-0.1, -0.05) is 18.1 Å². The highest BCUT2D eigenvalue weighted by Gasteiger charge is 2.18. The van der Waals surface area contributed by atoms with Crippen molar-refractivity contribution in [2.24, 2.45) is 10.9 Å². The Bertz CT molecular complexity index is 446. The Hall–Kier alpha value is -1.36. The van der Waals surface area contributed by atoms with Crippen molar-refractivity contribution < 1.29 is 5.21 Å². The fourth-order valence-corrected chi connectivity index (χ4v) is 2.76. The fourth-order valence-electron chi connectivity index (χ4n) is 2.13. The first kappa shape index (κ1) is 15.7. The summed E-state index contributed by atoms with van der Waals surface area (Å²) in [6.45, 7) is 7.40. The summed E-state index contributed by atoms with van der Waals surface area (Å²) < 4.78 is 0. The van der Waals surface area contributed by atoms with Gasteiger partial charge in [0.15, 0.2) is 5.84 Å². The van der Waals surface area contributed by atoms with Gasteiger partial charge in [0.1, 0.15) is 0 Å². The molecule has 0 aliphatic heterocycles. The van der Waals surface area contributed by atoms with Crippen LogP contribution in [0.3, 0.4) is 0 Å². The second kappa shape index (κ2) is 7.28. The molecule has 0 unspecified atom stereocenters. The average molecular weight is 281 g/mol. The summed E-state index contributed by atoms with van der Waals surface area (Å²) in [4.78, 5) is 3.31. The van der Waals surface area contributed by atoms with Crippen molar-refractivity contribution in [2.45, 2.75) is 38.1 Å². The van der Waals surface area contributed by atoms with Crippen LogP contribution in [0.15, 0.2) is 28.3 Å². The lowest BCUT2D eigenvalue weighted by molar-refractivity contribution is 0.318. The lowest BCUT2D eigenvalue weighted by Crippen LogP contribution is -2.33. The lowest BCUT2D eigenvalue weighted by Gasteiger charge is -2.31. The number of benzene rings is 1. The smallest absolute Gasteiger partial charge is 0.173 e. The van der Waals surface area contributed by atoms with Gasteiger partial charge >= 0.3 is 0 Å². The molecule has 0 atom stereocenters. The van der Waals surface area contributed by atoms with Crippen LogP contribution < -0.4 is 10.6 Å². The van der Waals surface area contributed by atoms with Crippen LogP contribution in [0.2, 0.25) is 0 Å². The van der Waals surface area contributed by atoms with Gasteiger partial charge in [0.05, 0.1) is 5.56 Å². The Balaban J connectivity index is 3.40. The average Bonchev–Trinajstić information content (AvgIpc) is 2.42. The number of oxime groups is 1. The maximum absolute atomic E-state index is 9.02. The predicted octanol–water partition coefficient (Wildman–Crippen LogP) is 3.13. The van der Waals surface area contributed by atoms with Crippen LogP contribution >= 0.6 is 11.8 Å². The molecular formula is C14H23N3OS. The summed E-state index contributed by atoms with van der Waals surface area (Å²) >= 11 is 1.60. The maximum Gasteiger partial charge on any atom is 0.173 e. The van der Waals surface area contributed by atoms with Crippen LogP contribution in [0.4, 0.5) is 5.69 Å². The zero-order chi connectivity index (χ0) is 14.4. The van der Waals surface area contributed by atoms with Crippen LogP contribution in [0, 0.1) is 0 Å². The first-order chi connectivity index (χ1) is 9.06. The first-order valence-electron chi connectivity index (χ1n) is 6.48. The number of nitrogens with zero attached hydrogens (tertiary/aromatic N) is 2. The summed E-state index contributed by atoms with van der Waals surface area (Å²) in [7, 11) is 0. The fraction of sp³-hybridized carbons (Fsp3) is 0.500. The Labute approximate surface area is 119 Å². The summed E-state index contributed by atoms with van der Waals surface area (Å²) in [5, 5.41) is 12.2. The van der Waals surface area contributed by atoms with Crippen molar-refractivity contribution in [3.05, 3.63) is 23.8 Å². The van der Waals surface area contributed by atoms with Gasteiger partial charge in [0.2, 0.25) is 0 Å². The normalized spacial score (nSPS) is 11.9. The molecule has 0 spiro atoms. The van der Waals surface area contributed by atoms with E-state index in [1.807, 2.05) is 24.5 Å². The molecule has 0 saturated heterocycles. The Morgan fingerprint density at radius 2 is 2.16 bits per heavy atom. The molecule has 0 fully saturated rings. The molecule has 0 aliphatic rings. The minimum atomic E-state index is 0.168. The van der Waals surface area contributed by atoms with Gasteiger partial charge < -0.3 is 15.8 Å². The van der Waals surface area contributed by atoms with Gasteiger partial charge in [0, 0.05) is 23.2 Å². The van der Waals surface area contributed by atoms with Gasteiger partial charge in [0.25, 0.3) is 0 Å². The summed E-state index contributed by atoms with van der Waals surface area (Å²) in [6.07, 6.45) is 3.05. The second-order valence-electron chi connectivity index (χ2n) is 4.63. The lowest BCUT2D eigenvalue weighted by atomic mass is 10.1. The van der Waals surface area contributed by atoms with E-state index in [4.69, 9.17) is 10.9 Å². The highest BCUT2D eigenvalue weighted by molar-refractivity contribution is 7.98. The highest BCUT2D eigenvalue weighted by Crippen LogP contribution is 2.30. The minimum Gasteiger partial charge on any atom is -0.409 e. The van der Waals surface area contributed by atoms with Gasteiger partial charge in [-0.2, -0.15) is 0 Å². The first-order valence-corrected chi connectivity index (χ1v) is 7.70. The van der Waals surface area contributed by atoms with Gasteiger partial charge in [-0.15, -0.1) is 11.8 Å². The molecule has 5 heteroatoms. The van der Waals surface area contributed by atoms with Crippen molar-refractivity contribution in [1.29, 1.82) is 0 Å². The third-order valence-electron chi connectivity index (χ3n) is 2.99. The predicted molar refractivity (Wildman–Crippen MR) is 83.5 cm³/mol. The molecule has 3 N–H and O–H groups in total. The van der Waals surface area contributed by atoms with Crippen molar-refractivity contribution in [3.8, 4) is 0 Å². The van der Waals surface area contributed by atoms with Crippen molar-refractivity contribution in [3.63, 3.8) is 0 Å². The van der Waals surface area contributed by atoms with Crippen LogP contribution in [0.5, 0.6) is 0 Å². The van der Waals surface area contributed by atoms with Crippen molar-refractivity contribution in [2.75, 3.05) is 17.7 Å². The van der Waals surface area contributed by atoms with Gasteiger partial charge in [-0.05, 0) is 38.7 Å². The van der Waals surface area contributed by atoms with Crippen LogP contribution in [-0.2, 0) is 0 Å². The zero-order valence-electron chi connectivity index (χ0n) is 12.1. The molecule has 1 rings (SSSR count). The molecular weight excluding hydrogens is 258 g/mol. The summed E-state index contributed by atoms with van der Waals surface area (Å²) in [5.74, 6) is 0.168. The van der Waals surface area contributed by atoms with E-state index in [0.717, 1.165) is 29.1 Å². The van der Waals surface area contributed by atoms with E-state index in [2.05, 4.69) is 30.8 Å². The molecule has 0 saturated carbocycles. The van der Waals surface area contributed by atoms with Crippen LogP contribution in [0.1, 0.15) is 32.8 Å². The quantitative estimate of drug-likeness (QED) is 0.276. The van der Waals surface area contributed by atoms with E-state index < -0.39 is 0 Å². The molecule has 0 bridgehead atoms. The molecule has 0 radical (unpaired) electrons. The molecule has 0 amide bonds. The Morgan fingerprint density at radius 3 is 2.63 bits per heavy atom. The van der Waals surface area contributed by atoms with E-state index in [1.54, 1.807) is 11.8 Å². The number of rotatable bonds is 6. The standard InChI is InChI=1S/C14H23N3OS/c1-5-9-17(10(2)3)11-7-6-8-12(19-4)13(11)14(15)16-18/h6-8,10,18H,5,9H2,1-4H3,(H2,15,16). The number of nitrogens with two attached hydrogens (primary N) is 1. The topological polar surface area (TPSA) is 61.8 Å². The number of anilines is 1. The zero-order valence-corrected chi connectivity index (χ0v) is 12.9. The highest BCUT2D eigenvalue weighted by atomic mass is 32.2. The number of hydrogen-bond donors (Lipinski definition) is 2. The molecule has 4 nitrogen and oxygen atoms in total. The summed E-state index contributed by atoms with van der Waals surface area (Å²) in [6, 6.07) is 6.40. The number of hydrogen-bond acceptors (Lipinski definition) is 4. The molecule has 0 aliphatic carbocycles. The summed E-state index contributed by atoms with van der Waals surface area (Å²) in [5.41, 5.74) is 7.71. The SMILES string of the molecule is CCCN(c1cccc(SC)c1/C(N)=N/O)C(C)C. The van der Waals surface area contributed by atoms with Crippen molar-refractivity contribution >= 4 is 23.3 Å². The second-order valence-corrected chi connectivity index (χ2v) is 5.47. The van der Waals surface area contributed by atoms with E-state index in [0.29, 0.717) is 6.04 Å². The third kappa shape index (κ3) is 3.56. The monoisotopic (exact) mass is 281 g/mol. The number of amidine groups is 1.